The minimum Gasteiger partial charge on any atom is -0.478 e. The van der Waals surface area contributed by atoms with Crippen molar-refractivity contribution in [2.24, 2.45) is 5.73 Å². The van der Waals surface area contributed by atoms with Gasteiger partial charge in [-0.05, 0) is 19.4 Å². The Balaban J connectivity index is 4.48. The summed E-state index contributed by atoms with van der Waals surface area (Å²) >= 11 is 0. The second-order valence-corrected chi connectivity index (χ2v) is 4.58. The quantitative estimate of drug-likeness (QED) is 0.179. The van der Waals surface area contributed by atoms with Gasteiger partial charge in [0, 0.05) is 6.42 Å². The van der Waals surface area contributed by atoms with Crippen LogP contribution in [-0.4, -0.2) is 75.0 Å². The van der Waals surface area contributed by atoms with Crippen molar-refractivity contribution in [3.05, 3.63) is 0 Å². The number of carboxylic acid groups (broad SMARTS) is 1. The summed E-state index contributed by atoms with van der Waals surface area (Å²) < 4.78 is 4.60. The van der Waals surface area contributed by atoms with Crippen LogP contribution in [0, 0.1) is 0 Å². The Morgan fingerprint density at radius 3 is 2.14 bits per heavy atom. The minimum atomic E-state index is -2.06. The number of carbonyl (C=O) groups excluding carboxylic acids is 1. The Labute approximate surface area is 122 Å². The second-order valence-electron chi connectivity index (χ2n) is 4.58. The van der Waals surface area contributed by atoms with Crippen LogP contribution in [0.1, 0.15) is 25.7 Å². The van der Waals surface area contributed by atoms with Gasteiger partial charge >= 0.3 is 11.9 Å². The lowest BCUT2D eigenvalue weighted by Crippen LogP contribution is -2.50. The van der Waals surface area contributed by atoms with E-state index in [4.69, 9.17) is 21.1 Å². The molecule has 0 radical (unpaired) electrons. The molecule has 0 aromatic carbocycles. The summed E-state index contributed by atoms with van der Waals surface area (Å²) in [4.78, 5) is 22.4. The molecule has 0 saturated heterocycles. The van der Waals surface area contributed by atoms with E-state index >= 15 is 0 Å². The van der Waals surface area contributed by atoms with Crippen molar-refractivity contribution in [2.75, 3.05) is 13.2 Å². The highest BCUT2D eigenvalue weighted by molar-refractivity contribution is 5.78. The first-order chi connectivity index (χ1) is 9.84. The van der Waals surface area contributed by atoms with E-state index in [9.17, 15) is 19.8 Å². The molecule has 0 saturated carbocycles. The standard InChI is InChI=1S/C12H23NO8/c13-5-3-1-2-4-8(16)21-11(12(19)20)10(18)9(17)7(15)6-14/h7,9-11,14-15,17-18H,1-6,13H2,(H,19,20)/t7-,9-,10+,11-/m1/s1. The van der Waals surface area contributed by atoms with E-state index in [0.717, 1.165) is 6.42 Å². The van der Waals surface area contributed by atoms with Gasteiger partial charge in [0.25, 0.3) is 0 Å². The van der Waals surface area contributed by atoms with Crippen molar-refractivity contribution in [3.8, 4) is 0 Å². The fourth-order valence-corrected chi connectivity index (χ4v) is 1.57. The number of ether oxygens (including phenoxy) is 1. The first-order valence-electron chi connectivity index (χ1n) is 6.62. The molecule has 0 aromatic heterocycles. The van der Waals surface area contributed by atoms with E-state index in [1.807, 2.05) is 0 Å². The van der Waals surface area contributed by atoms with Crippen molar-refractivity contribution < 1.29 is 39.9 Å². The molecule has 0 rings (SSSR count). The fraction of sp³-hybridized carbons (Fsp3) is 0.833. The normalized spacial score (nSPS) is 16.8. The number of esters is 1. The van der Waals surface area contributed by atoms with Crippen LogP contribution in [0.25, 0.3) is 0 Å². The Hall–Kier alpha value is -1.26. The molecule has 0 bridgehead atoms. The molecule has 7 N–H and O–H groups in total. The van der Waals surface area contributed by atoms with Gasteiger partial charge in [-0.15, -0.1) is 0 Å². The molecular formula is C12H23NO8. The molecule has 0 spiro atoms. The van der Waals surface area contributed by atoms with Crippen LogP contribution >= 0.6 is 0 Å². The van der Waals surface area contributed by atoms with Crippen LogP contribution in [0.2, 0.25) is 0 Å². The van der Waals surface area contributed by atoms with E-state index in [0.29, 0.717) is 19.4 Å². The lowest BCUT2D eigenvalue weighted by Gasteiger charge is -2.26. The number of aliphatic carboxylic acids is 1. The van der Waals surface area contributed by atoms with Gasteiger partial charge in [0.2, 0.25) is 6.10 Å². The van der Waals surface area contributed by atoms with Gasteiger partial charge in [0.05, 0.1) is 6.61 Å². The van der Waals surface area contributed by atoms with Crippen LogP contribution in [-0.2, 0) is 14.3 Å². The predicted octanol–water partition coefficient (Wildman–Crippen LogP) is -2.42. The summed E-state index contributed by atoms with van der Waals surface area (Å²) in [5.41, 5.74) is 5.28. The highest BCUT2D eigenvalue weighted by Gasteiger charge is 2.38. The maximum Gasteiger partial charge on any atom is 0.347 e. The van der Waals surface area contributed by atoms with Crippen LogP contribution < -0.4 is 5.73 Å². The third kappa shape index (κ3) is 7.34. The molecule has 0 aromatic rings. The molecule has 124 valence electrons. The Morgan fingerprint density at radius 1 is 1.05 bits per heavy atom. The van der Waals surface area contributed by atoms with Gasteiger partial charge in [-0.1, -0.05) is 6.42 Å². The molecule has 21 heavy (non-hydrogen) atoms. The van der Waals surface area contributed by atoms with Crippen molar-refractivity contribution in [2.45, 2.75) is 50.1 Å². The zero-order chi connectivity index (χ0) is 16.4. The molecule has 9 nitrogen and oxygen atoms in total. The largest absolute Gasteiger partial charge is 0.478 e. The van der Waals surface area contributed by atoms with Crippen molar-refractivity contribution in [1.29, 1.82) is 0 Å². The van der Waals surface area contributed by atoms with E-state index in [1.165, 1.54) is 0 Å². The SMILES string of the molecule is NCCCCCC(=O)O[C@@H](C(=O)O)[C@@H](O)[C@H](O)[C@H](O)CO. The molecule has 0 aliphatic rings. The van der Waals surface area contributed by atoms with Crippen molar-refractivity contribution in [1.82, 2.24) is 0 Å². The number of nitrogens with two attached hydrogens (primary N) is 1. The van der Waals surface area contributed by atoms with E-state index in [1.54, 1.807) is 0 Å². The van der Waals surface area contributed by atoms with Gasteiger partial charge < -0.3 is 36.0 Å². The molecule has 0 heterocycles. The highest BCUT2D eigenvalue weighted by atomic mass is 16.6. The number of hydrogen-bond donors (Lipinski definition) is 6. The smallest absolute Gasteiger partial charge is 0.347 e. The summed E-state index contributed by atoms with van der Waals surface area (Å²) in [6.07, 6.45) is -5.97. The summed E-state index contributed by atoms with van der Waals surface area (Å²) in [5, 5.41) is 45.7. The first kappa shape index (κ1) is 19.7. The average Bonchev–Trinajstić information content (AvgIpc) is 2.46. The number of unbranched alkanes of at least 4 members (excludes halogenated alkanes) is 2. The number of carbonyl (C=O) groups is 2. The molecule has 0 unspecified atom stereocenters. The number of hydrogen-bond acceptors (Lipinski definition) is 8. The topological polar surface area (TPSA) is 171 Å². The van der Waals surface area contributed by atoms with Crippen LogP contribution in [0.15, 0.2) is 0 Å². The molecule has 4 atom stereocenters. The second kappa shape index (κ2) is 10.5. The monoisotopic (exact) mass is 309 g/mol. The minimum absolute atomic E-state index is 0.0465. The lowest BCUT2D eigenvalue weighted by atomic mass is 10.0. The van der Waals surface area contributed by atoms with Gasteiger partial charge in [-0.25, -0.2) is 4.79 Å². The van der Waals surface area contributed by atoms with Gasteiger partial charge in [0.1, 0.15) is 18.3 Å². The zero-order valence-electron chi connectivity index (χ0n) is 11.6. The predicted molar refractivity (Wildman–Crippen MR) is 70.1 cm³/mol. The Bertz CT molecular complexity index is 324. The third-order valence-electron chi connectivity index (χ3n) is 2.83. The summed E-state index contributed by atoms with van der Waals surface area (Å²) in [7, 11) is 0. The first-order valence-corrected chi connectivity index (χ1v) is 6.62. The fourth-order valence-electron chi connectivity index (χ4n) is 1.57. The van der Waals surface area contributed by atoms with Crippen molar-refractivity contribution in [3.63, 3.8) is 0 Å². The van der Waals surface area contributed by atoms with E-state index in [-0.39, 0.29) is 6.42 Å². The van der Waals surface area contributed by atoms with Gasteiger partial charge in [-0.3, -0.25) is 4.79 Å². The average molecular weight is 309 g/mol. The van der Waals surface area contributed by atoms with Gasteiger partial charge in [-0.2, -0.15) is 0 Å². The summed E-state index contributed by atoms with van der Waals surface area (Å²) in [6, 6.07) is 0. The third-order valence-corrected chi connectivity index (χ3v) is 2.83. The summed E-state index contributed by atoms with van der Waals surface area (Å²) in [6.45, 7) is -0.394. The van der Waals surface area contributed by atoms with Crippen LogP contribution in [0.4, 0.5) is 0 Å². The lowest BCUT2D eigenvalue weighted by molar-refractivity contribution is -0.182. The Morgan fingerprint density at radius 2 is 1.67 bits per heavy atom. The number of carboxylic acids is 1. The molecule has 9 heteroatoms. The maximum absolute atomic E-state index is 11.5. The Kier molecular flexibility index (Phi) is 9.84. The zero-order valence-corrected chi connectivity index (χ0v) is 11.6. The maximum atomic E-state index is 11.5. The highest BCUT2D eigenvalue weighted by Crippen LogP contribution is 2.11. The molecule has 0 fully saturated rings. The van der Waals surface area contributed by atoms with Crippen LogP contribution in [0.5, 0.6) is 0 Å². The number of aliphatic hydroxyl groups is 4. The molecule has 0 amide bonds. The number of rotatable bonds is 11. The summed E-state index contributed by atoms with van der Waals surface area (Å²) in [5.74, 6) is -2.51. The molecule has 0 aliphatic heterocycles. The number of aliphatic hydroxyl groups excluding tert-OH is 4. The molecular weight excluding hydrogens is 286 g/mol. The van der Waals surface area contributed by atoms with Gasteiger partial charge in [0.15, 0.2) is 0 Å². The van der Waals surface area contributed by atoms with Crippen LogP contribution in [0.3, 0.4) is 0 Å². The van der Waals surface area contributed by atoms with E-state index in [2.05, 4.69) is 4.74 Å². The van der Waals surface area contributed by atoms with Crippen molar-refractivity contribution >= 4 is 11.9 Å². The van der Waals surface area contributed by atoms with E-state index < -0.39 is 43.0 Å². The molecule has 0 aliphatic carbocycles.